The Morgan fingerprint density at radius 2 is 1.28 bits per heavy atom. The SMILES string of the molecule is N#CC1CN(C(=O)[C@H]2CCc3c(sc4ncnc(Nc5cc6c(cn5)CN=C6)c34)C2)C1.O=C(O)[C@H]1CCc2c(sc3ncnc(Nc4cc5c(cn4)CN=C5)c23)C1. The summed E-state index contributed by atoms with van der Waals surface area (Å²) in [7, 11) is 0. The Balaban J connectivity index is 0.000000141. The molecule has 1 amide bonds. The highest BCUT2D eigenvalue weighted by molar-refractivity contribution is 7.19. The van der Waals surface area contributed by atoms with Crippen LogP contribution in [0.5, 0.6) is 0 Å². The number of likely N-dealkylation sites (tertiary alicyclic amines) is 1. The van der Waals surface area contributed by atoms with Gasteiger partial charge in [-0.05, 0) is 61.8 Å². The number of nitriles is 1. The number of amides is 1. The van der Waals surface area contributed by atoms with Gasteiger partial charge in [-0.25, -0.2) is 29.9 Å². The van der Waals surface area contributed by atoms with Crippen LogP contribution >= 0.6 is 22.7 Å². The fraction of sp³-hybridized carbons (Fsp3) is 0.325. The van der Waals surface area contributed by atoms with Gasteiger partial charge >= 0.3 is 5.97 Å². The van der Waals surface area contributed by atoms with Crippen LogP contribution in [0.1, 0.15) is 56.0 Å². The number of anilines is 4. The van der Waals surface area contributed by atoms with E-state index >= 15 is 0 Å². The number of hydrogen-bond donors (Lipinski definition) is 3. The first-order valence-electron chi connectivity index (χ1n) is 18.8. The minimum atomic E-state index is -0.721. The second-order valence-corrected chi connectivity index (χ2v) is 17.0. The molecule has 0 bridgehead atoms. The Kier molecular flexibility index (Phi) is 8.86. The zero-order valence-electron chi connectivity index (χ0n) is 30.5. The molecule has 9 heterocycles. The van der Waals surface area contributed by atoms with Gasteiger partial charge < -0.3 is 20.6 Å². The Morgan fingerprint density at radius 3 is 1.81 bits per heavy atom. The maximum atomic E-state index is 12.8. The molecule has 284 valence electrons. The quantitative estimate of drug-likeness (QED) is 0.183. The fourth-order valence-electron chi connectivity index (χ4n) is 8.20. The largest absolute Gasteiger partial charge is 0.481 e. The van der Waals surface area contributed by atoms with Crippen LogP contribution in [0.3, 0.4) is 0 Å². The van der Waals surface area contributed by atoms with Crippen molar-refractivity contribution in [3.63, 3.8) is 0 Å². The number of hydrogen-bond acceptors (Lipinski definition) is 15. The lowest BCUT2D eigenvalue weighted by Gasteiger charge is -2.38. The summed E-state index contributed by atoms with van der Waals surface area (Å²) in [5, 5.41) is 27.0. The predicted molar refractivity (Wildman–Crippen MR) is 217 cm³/mol. The van der Waals surface area contributed by atoms with Crippen molar-refractivity contribution in [1.82, 2.24) is 34.8 Å². The maximum Gasteiger partial charge on any atom is 0.306 e. The van der Waals surface area contributed by atoms with Gasteiger partial charge in [0.25, 0.3) is 0 Å². The van der Waals surface area contributed by atoms with Gasteiger partial charge in [0, 0.05) is 75.8 Å². The molecule has 6 aromatic rings. The van der Waals surface area contributed by atoms with Crippen LogP contribution in [0, 0.1) is 29.1 Å². The van der Waals surface area contributed by atoms with E-state index in [0.717, 1.165) is 96.5 Å². The predicted octanol–water partition coefficient (Wildman–Crippen LogP) is 5.80. The zero-order valence-corrected chi connectivity index (χ0v) is 32.1. The van der Waals surface area contributed by atoms with E-state index in [1.807, 2.05) is 41.9 Å². The molecular formula is C40H34N12O3S2. The molecule has 0 saturated carbocycles. The van der Waals surface area contributed by atoms with Gasteiger partial charge in [0.1, 0.15) is 45.6 Å². The van der Waals surface area contributed by atoms with Crippen LogP contribution in [-0.2, 0) is 48.4 Å². The number of aliphatic imine (C=N–C) groups is 2. The van der Waals surface area contributed by atoms with Crippen LogP contribution in [0.15, 0.2) is 47.2 Å². The van der Waals surface area contributed by atoms with Gasteiger partial charge in [-0.15, -0.1) is 22.7 Å². The van der Waals surface area contributed by atoms with Crippen molar-refractivity contribution in [2.75, 3.05) is 23.7 Å². The van der Waals surface area contributed by atoms with Gasteiger partial charge in [0.05, 0.1) is 41.8 Å². The fourth-order valence-corrected chi connectivity index (χ4v) is 10.7. The Labute approximate surface area is 333 Å². The number of carboxylic acid groups (broad SMARTS) is 1. The maximum absolute atomic E-state index is 12.8. The number of pyridine rings is 2. The van der Waals surface area contributed by atoms with E-state index in [9.17, 15) is 14.7 Å². The highest BCUT2D eigenvalue weighted by Crippen LogP contribution is 2.42. The van der Waals surface area contributed by atoms with Crippen molar-refractivity contribution in [1.29, 1.82) is 5.26 Å². The van der Waals surface area contributed by atoms with E-state index in [0.29, 0.717) is 39.0 Å². The molecule has 0 aromatic carbocycles. The molecule has 0 unspecified atom stereocenters. The molecule has 0 radical (unpaired) electrons. The minimum absolute atomic E-state index is 0.00423. The van der Waals surface area contributed by atoms with Crippen LogP contribution < -0.4 is 10.6 Å². The zero-order chi connectivity index (χ0) is 38.6. The average molecular weight is 795 g/mol. The molecule has 17 heteroatoms. The summed E-state index contributed by atoms with van der Waals surface area (Å²) in [6, 6.07) is 6.20. The van der Waals surface area contributed by atoms with Crippen molar-refractivity contribution < 1.29 is 14.7 Å². The van der Waals surface area contributed by atoms with E-state index < -0.39 is 5.97 Å². The van der Waals surface area contributed by atoms with Crippen molar-refractivity contribution in [3.05, 3.63) is 80.3 Å². The number of aromatic nitrogens is 6. The van der Waals surface area contributed by atoms with Crippen LogP contribution in [0.2, 0.25) is 0 Å². The molecule has 2 atom stereocenters. The summed E-state index contributed by atoms with van der Waals surface area (Å²) >= 11 is 3.22. The van der Waals surface area contributed by atoms with Gasteiger partial charge in [-0.1, -0.05) is 0 Å². The van der Waals surface area contributed by atoms with E-state index in [1.54, 1.807) is 29.0 Å². The normalized spacial score (nSPS) is 18.8. The first-order chi connectivity index (χ1) is 27.9. The van der Waals surface area contributed by atoms with E-state index in [2.05, 4.69) is 56.6 Å². The van der Waals surface area contributed by atoms with Crippen molar-refractivity contribution >= 4 is 90.7 Å². The number of nitrogens with zero attached hydrogens (tertiary/aromatic N) is 10. The average Bonchev–Trinajstić information content (AvgIpc) is 4.01. The van der Waals surface area contributed by atoms with Gasteiger partial charge in [0.15, 0.2) is 0 Å². The summed E-state index contributed by atoms with van der Waals surface area (Å²) in [6.45, 7) is 2.52. The number of thiophene rings is 2. The number of carbonyl (C=O) groups excluding carboxylic acids is 1. The van der Waals surface area contributed by atoms with Crippen LogP contribution in [0.25, 0.3) is 20.4 Å². The number of aliphatic carboxylic acids is 1. The number of carboxylic acids is 1. The first-order valence-corrected chi connectivity index (χ1v) is 20.4. The number of carbonyl (C=O) groups is 2. The Bertz CT molecular complexity index is 2730. The molecule has 6 aromatic heterocycles. The van der Waals surface area contributed by atoms with Crippen molar-refractivity contribution in [2.45, 2.75) is 51.6 Å². The summed E-state index contributed by atoms with van der Waals surface area (Å²) in [6.07, 6.45) is 14.9. The van der Waals surface area contributed by atoms with E-state index in [-0.39, 0.29) is 23.7 Å². The van der Waals surface area contributed by atoms with Crippen LogP contribution in [0.4, 0.5) is 23.3 Å². The molecule has 1 saturated heterocycles. The third kappa shape index (κ3) is 6.53. The number of aryl methyl sites for hydroxylation is 2. The molecule has 15 nitrogen and oxygen atoms in total. The number of fused-ring (bicyclic) bond motifs is 8. The Morgan fingerprint density at radius 1 is 0.754 bits per heavy atom. The third-order valence-corrected chi connectivity index (χ3v) is 13.6. The minimum Gasteiger partial charge on any atom is -0.481 e. The lowest BCUT2D eigenvalue weighted by Crippen LogP contribution is -2.52. The molecule has 0 spiro atoms. The van der Waals surface area contributed by atoms with E-state index in [4.69, 9.17) is 5.26 Å². The first kappa shape index (κ1) is 35.2. The summed E-state index contributed by atoms with van der Waals surface area (Å²) in [5.74, 6) is 2.08. The summed E-state index contributed by atoms with van der Waals surface area (Å²) < 4.78 is 0. The second kappa shape index (κ2) is 14.4. The van der Waals surface area contributed by atoms with Crippen molar-refractivity contribution in [3.8, 4) is 6.07 Å². The summed E-state index contributed by atoms with van der Waals surface area (Å²) in [4.78, 5) is 65.5. The van der Waals surface area contributed by atoms with Crippen LogP contribution in [-0.4, -0.2) is 77.3 Å². The molecule has 5 aliphatic rings. The molecular weight excluding hydrogens is 761 g/mol. The third-order valence-electron chi connectivity index (χ3n) is 11.3. The second-order valence-electron chi connectivity index (χ2n) is 14.8. The molecule has 2 aliphatic carbocycles. The molecule has 1 fully saturated rings. The van der Waals surface area contributed by atoms with Gasteiger partial charge in [0.2, 0.25) is 5.91 Å². The highest BCUT2D eigenvalue weighted by Gasteiger charge is 2.37. The van der Waals surface area contributed by atoms with E-state index in [1.165, 1.54) is 22.3 Å². The molecule has 3 N–H and O–H groups in total. The monoisotopic (exact) mass is 794 g/mol. The van der Waals surface area contributed by atoms with Crippen molar-refractivity contribution in [2.24, 2.45) is 27.7 Å². The van der Waals surface area contributed by atoms with Gasteiger partial charge in [-0.2, -0.15) is 5.26 Å². The Hall–Kier alpha value is -6.25. The standard InChI is InChI=1S/C22H19N7OS.C18H15N5O2S/c23-5-12-9-29(10-12)22(30)13-1-2-16-17(3-13)31-21-19(16)20(26-11-27-21)28-18-4-14-6-24-7-15(14)8-25-18;24-18(25)9-1-2-12-13(3-9)26-17-15(12)16(21-8-22-17)23-14-4-10-5-19-6-11(10)7-20-14/h4,6,8,11-13H,1-3,7,9-10H2,(H,25,26,27,28);4-5,7-9H,1-3,6H2,(H,24,25)(H,20,21,22,23)/t13-;9-/m00/s1. The molecule has 57 heavy (non-hydrogen) atoms. The number of nitrogens with one attached hydrogen (secondary N) is 2. The topological polar surface area (TPSA) is 208 Å². The number of rotatable bonds is 6. The summed E-state index contributed by atoms with van der Waals surface area (Å²) in [5.41, 5.74) is 6.83. The smallest absolute Gasteiger partial charge is 0.306 e. The lowest BCUT2D eigenvalue weighted by atomic mass is 9.85. The molecule has 3 aliphatic heterocycles. The van der Waals surface area contributed by atoms with Gasteiger partial charge in [-0.3, -0.25) is 19.6 Å². The lowest BCUT2D eigenvalue weighted by molar-refractivity contribution is -0.142. The highest BCUT2D eigenvalue weighted by atomic mass is 32.1. The molecule has 11 rings (SSSR count).